The second-order valence-corrected chi connectivity index (χ2v) is 10.9. The Morgan fingerprint density at radius 1 is 0.903 bits per heavy atom. The maximum atomic E-state index is 13.2. The lowest BCUT2D eigenvalue weighted by molar-refractivity contribution is -0.373. The molecule has 0 radical (unpaired) electrons. The lowest BCUT2D eigenvalue weighted by Crippen LogP contribution is -2.58. The molecule has 3 nitrogen and oxygen atoms in total. The maximum absolute atomic E-state index is 13.2. The van der Waals surface area contributed by atoms with Crippen molar-refractivity contribution in [2.75, 3.05) is 0 Å². The molecule has 8 unspecified atom stereocenters. The van der Waals surface area contributed by atoms with E-state index in [4.69, 9.17) is 4.74 Å². The summed E-state index contributed by atoms with van der Waals surface area (Å²) in [5.74, 6) is -0.728. The van der Waals surface area contributed by atoms with Gasteiger partial charge in [0.05, 0.1) is 5.41 Å². The molecule has 4 bridgehead atoms. The van der Waals surface area contributed by atoms with Crippen molar-refractivity contribution >= 4 is 5.97 Å². The van der Waals surface area contributed by atoms with Crippen molar-refractivity contribution in [1.29, 1.82) is 0 Å². The predicted molar refractivity (Wildman–Crippen MR) is 98.5 cm³/mol. The monoisotopic (exact) mass is 456 g/mol. The fourth-order valence-electron chi connectivity index (χ4n) is 7.26. The van der Waals surface area contributed by atoms with Gasteiger partial charge in [0.15, 0.2) is 0 Å². The minimum absolute atomic E-state index is 0.00530. The average molecular weight is 456 g/mol. The molecule has 0 amide bonds. The number of halogens is 6. The van der Waals surface area contributed by atoms with E-state index in [1.54, 1.807) is 13.8 Å². The Balaban J connectivity index is 1.51. The van der Waals surface area contributed by atoms with Crippen LogP contribution in [0.2, 0.25) is 0 Å². The maximum Gasteiger partial charge on any atom is 0.426 e. The molecule has 0 aromatic carbocycles. The van der Waals surface area contributed by atoms with E-state index in [2.05, 4.69) is 0 Å². The third-order valence-corrected chi connectivity index (χ3v) is 9.09. The van der Waals surface area contributed by atoms with Crippen LogP contribution in [-0.2, 0) is 9.53 Å². The minimum atomic E-state index is -5.77. The van der Waals surface area contributed by atoms with Gasteiger partial charge in [0.25, 0.3) is 5.60 Å². The molecule has 4 saturated carbocycles. The minimum Gasteiger partial charge on any atom is -0.462 e. The van der Waals surface area contributed by atoms with Crippen LogP contribution in [-0.4, -0.2) is 35.1 Å². The first-order valence-corrected chi connectivity index (χ1v) is 11.2. The van der Waals surface area contributed by atoms with Gasteiger partial charge in [-0.2, -0.15) is 26.3 Å². The van der Waals surface area contributed by atoms with Crippen LogP contribution in [0, 0.1) is 46.8 Å². The molecule has 4 aliphatic carbocycles. The zero-order valence-corrected chi connectivity index (χ0v) is 17.9. The highest BCUT2D eigenvalue weighted by Crippen LogP contribution is 2.70. The van der Waals surface area contributed by atoms with E-state index in [-0.39, 0.29) is 35.7 Å². The van der Waals surface area contributed by atoms with Crippen LogP contribution >= 0.6 is 0 Å². The van der Waals surface area contributed by atoms with Crippen LogP contribution in [0.1, 0.15) is 59.3 Å². The van der Waals surface area contributed by atoms with E-state index in [0.29, 0.717) is 31.1 Å². The van der Waals surface area contributed by atoms with Gasteiger partial charge in [-0.05, 0) is 93.8 Å². The summed E-state index contributed by atoms with van der Waals surface area (Å²) >= 11 is 0. The summed E-state index contributed by atoms with van der Waals surface area (Å²) in [6.07, 6.45) is -10.1. The summed E-state index contributed by atoms with van der Waals surface area (Å²) in [6.45, 7) is 5.49. The van der Waals surface area contributed by atoms with Crippen molar-refractivity contribution in [1.82, 2.24) is 0 Å². The topological polar surface area (TPSA) is 46.5 Å². The predicted octanol–water partition coefficient (Wildman–Crippen LogP) is 5.51. The van der Waals surface area contributed by atoms with Crippen LogP contribution in [0.15, 0.2) is 0 Å². The van der Waals surface area contributed by atoms with Crippen LogP contribution in [0.5, 0.6) is 0 Å². The van der Waals surface area contributed by atoms with Crippen molar-refractivity contribution in [3.63, 3.8) is 0 Å². The lowest BCUT2D eigenvalue weighted by Gasteiger charge is -2.44. The van der Waals surface area contributed by atoms with E-state index in [1.165, 1.54) is 0 Å². The molecule has 0 aliphatic heterocycles. The van der Waals surface area contributed by atoms with E-state index in [0.717, 1.165) is 12.8 Å². The Morgan fingerprint density at radius 3 is 2.00 bits per heavy atom. The molecule has 0 spiro atoms. The fraction of sp³-hybridized carbons (Fsp3) is 0.955. The summed E-state index contributed by atoms with van der Waals surface area (Å²) < 4.78 is 85.2. The molecule has 4 rings (SSSR count). The van der Waals surface area contributed by atoms with Crippen molar-refractivity contribution in [2.45, 2.75) is 83.4 Å². The average Bonchev–Trinajstić information content (AvgIpc) is 3.37. The summed E-state index contributed by atoms with van der Waals surface area (Å²) in [5, 5.41) is 9.71. The number of hydrogen-bond acceptors (Lipinski definition) is 3. The molecule has 9 heteroatoms. The normalized spacial score (nSPS) is 39.8. The van der Waals surface area contributed by atoms with Gasteiger partial charge in [-0.15, -0.1) is 0 Å². The number of hydrogen-bond donors (Lipinski definition) is 1. The van der Waals surface area contributed by atoms with Crippen LogP contribution in [0.4, 0.5) is 26.3 Å². The molecule has 0 aromatic heterocycles. The van der Waals surface area contributed by atoms with Gasteiger partial charge in [0, 0.05) is 0 Å². The molecule has 4 fully saturated rings. The zero-order valence-electron chi connectivity index (χ0n) is 17.9. The standard InChI is InChI=1S/C22H30F6O3/c1-4-19(2,3)18(29)31-15-8-11-7-14(15)17-13-6-10(16(11)17)5-12(13)9-20(30,21(23,24)25)22(26,27)28/h10-17,30H,4-9H2,1-3H3. The number of alkyl halides is 6. The highest BCUT2D eigenvalue weighted by atomic mass is 19.4. The Morgan fingerprint density at radius 2 is 1.45 bits per heavy atom. The number of ether oxygens (including phenoxy) is 1. The molecule has 31 heavy (non-hydrogen) atoms. The number of carbonyl (C=O) groups is 1. The van der Waals surface area contributed by atoms with Crippen molar-refractivity contribution in [3.05, 3.63) is 0 Å². The fourth-order valence-corrected chi connectivity index (χ4v) is 7.26. The van der Waals surface area contributed by atoms with Crippen LogP contribution in [0.3, 0.4) is 0 Å². The summed E-state index contributed by atoms with van der Waals surface area (Å²) in [4.78, 5) is 12.5. The highest BCUT2D eigenvalue weighted by molar-refractivity contribution is 5.76. The number of rotatable bonds is 5. The Kier molecular flexibility index (Phi) is 5.24. The van der Waals surface area contributed by atoms with Crippen molar-refractivity contribution < 1.29 is 41.0 Å². The first-order chi connectivity index (χ1) is 14.1. The second kappa shape index (κ2) is 7.00. The number of carbonyl (C=O) groups excluding carboxylic acids is 1. The van der Waals surface area contributed by atoms with Crippen LogP contribution < -0.4 is 0 Å². The molecule has 1 N–H and O–H groups in total. The van der Waals surface area contributed by atoms with Gasteiger partial charge in [0.2, 0.25) is 0 Å². The van der Waals surface area contributed by atoms with Crippen LogP contribution in [0.25, 0.3) is 0 Å². The number of fused-ring (bicyclic) bond motifs is 9. The van der Waals surface area contributed by atoms with Crippen molar-refractivity contribution in [2.24, 2.45) is 46.8 Å². The largest absolute Gasteiger partial charge is 0.462 e. The molecule has 0 aromatic rings. The third-order valence-electron chi connectivity index (χ3n) is 9.09. The van der Waals surface area contributed by atoms with Gasteiger partial charge in [0.1, 0.15) is 6.10 Å². The Labute approximate surface area is 177 Å². The zero-order chi connectivity index (χ0) is 23.1. The summed E-state index contributed by atoms with van der Waals surface area (Å²) in [5.41, 5.74) is -5.31. The molecule has 4 aliphatic rings. The smallest absolute Gasteiger partial charge is 0.426 e. The first kappa shape index (κ1) is 23.2. The molecule has 0 heterocycles. The van der Waals surface area contributed by atoms with Crippen molar-refractivity contribution in [3.8, 4) is 0 Å². The van der Waals surface area contributed by atoms with E-state index in [9.17, 15) is 36.2 Å². The van der Waals surface area contributed by atoms with E-state index in [1.807, 2.05) is 6.92 Å². The molecular weight excluding hydrogens is 426 g/mol. The highest BCUT2D eigenvalue weighted by Gasteiger charge is 2.73. The van der Waals surface area contributed by atoms with Gasteiger partial charge in [-0.3, -0.25) is 4.79 Å². The first-order valence-electron chi connectivity index (χ1n) is 11.2. The molecule has 8 atom stereocenters. The number of esters is 1. The number of aliphatic hydroxyl groups is 1. The third kappa shape index (κ3) is 3.39. The quantitative estimate of drug-likeness (QED) is 0.337. The molecular formula is C22H30F6O3. The van der Waals surface area contributed by atoms with E-state index >= 15 is 0 Å². The summed E-state index contributed by atoms with van der Waals surface area (Å²) in [7, 11) is 0. The molecule has 0 saturated heterocycles. The van der Waals surface area contributed by atoms with Gasteiger partial charge in [-0.1, -0.05) is 6.92 Å². The van der Waals surface area contributed by atoms with Gasteiger partial charge in [-0.25, -0.2) is 0 Å². The SMILES string of the molecule is CCC(C)(C)C(=O)OC1CC2CC1C1C3CC(CC3CC(O)(C(F)(F)F)C(F)(F)F)C21. The van der Waals surface area contributed by atoms with E-state index < -0.39 is 35.7 Å². The second-order valence-electron chi connectivity index (χ2n) is 10.9. The van der Waals surface area contributed by atoms with Gasteiger partial charge < -0.3 is 9.84 Å². The Bertz CT molecular complexity index is 716. The lowest BCUT2D eigenvalue weighted by atomic mass is 9.65. The Hall–Kier alpha value is -0.990. The molecule has 178 valence electrons. The summed E-state index contributed by atoms with van der Waals surface area (Å²) in [6, 6.07) is 0. The van der Waals surface area contributed by atoms with Gasteiger partial charge >= 0.3 is 18.3 Å².